The van der Waals surface area contributed by atoms with Crippen LogP contribution in [0.4, 0.5) is 17.6 Å². The largest absolute Gasteiger partial charge is 0.503 e. The van der Waals surface area contributed by atoms with Crippen molar-refractivity contribution in [2.45, 2.75) is 43.9 Å². The van der Waals surface area contributed by atoms with Gasteiger partial charge in [0.05, 0.1) is 11.2 Å². The van der Waals surface area contributed by atoms with Gasteiger partial charge in [-0.1, -0.05) is 0 Å². The minimum absolute atomic E-state index is 0.0752. The molecule has 0 saturated carbocycles. The highest BCUT2D eigenvalue weighted by molar-refractivity contribution is 6.00. The second-order valence-corrected chi connectivity index (χ2v) is 8.73. The van der Waals surface area contributed by atoms with Crippen molar-refractivity contribution in [1.82, 2.24) is 14.8 Å². The fourth-order valence-corrected chi connectivity index (χ4v) is 5.35. The first-order chi connectivity index (χ1) is 15.6. The number of hydrogen-bond acceptors (Lipinski definition) is 4. The van der Waals surface area contributed by atoms with E-state index in [2.05, 4.69) is 5.32 Å². The van der Waals surface area contributed by atoms with Crippen molar-refractivity contribution in [3.8, 4) is 5.75 Å². The van der Waals surface area contributed by atoms with Crippen molar-refractivity contribution in [2.24, 2.45) is 0 Å². The standard InChI is InChI=1S/C22H19F4N3O4/c23-10-5-12(24)11(13(25)6-10)8-27-20(32)15-16-14(26)7-22-3-1-2-4-28(9-22)21(33)17(29(16)22)19(31)18(15)30/h5-6,14,31H,1-4,7-9H2,(H,27,32)/t14-,22-/m1/s1. The van der Waals surface area contributed by atoms with Crippen LogP contribution in [0.25, 0.3) is 0 Å². The lowest BCUT2D eigenvalue weighted by Crippen LogP contribution is -2.52. The molecule has 11 heteroatoms. The number of hydrogen-bond donors (Lipinski definition) is 2. The molecule has 1 spiro atoms. The summed E-state index contributed by atoms with van der Waals surface area (Å²) in [5.74, 6) is -6.36. The van der Waals surface area contributed by atoms with Gasteiger partial charge < -0.3 is 19.9 Å². The molecule has 5 rings (SSSR count). The highest BCUT2D eigenvalue weighted by atomic mass is 19.1. The van der Waals surface area contributed by atoms with E-state index < -0.39 is 69.8 Å². The molecule has 2 bridgehead atoms. The molecular formula is C22H19F4N3O4. The number of nitrogens with one attached hydrogen (secondary N) is 1. The monoisotopic (exact) mass is 465 g/mol. The molecule has 2 N–H and O–H groups in total. The van der Waals surface area contributed by atoms with Gasteiger partial charge in [0.25, 0.3) is 11.8 Å². The van der Waals surface area contributed by atoms with Gasteiger partial charge in [0.2, 0.25) is 5.43 Å². The number of carbonyl (C=O) groups is 2. The molecule has 2 aromatic rings. The van der Waals surface area contributed by atoms with E-state index in [0.29, 0.717) is 37.9 Å². The van der Waals surface area contributed by atoms with E-state index in [4.69, 9.17) is 0 Å². The molecule has 0 aliphatic carbocycles. The molecule has 1 aromatic carbocycles. The van der Waals surface area contributed by atoms with E-state index >= 15 is 4.39 Å². The maximum absolute atomic E-state index is 15.4. The van der Waals surface area contributed by atoms with Crippen LogP contribution in [0.3, 0.4) is 0 Å². The van der Waals surface area contributed by atoms with Crippen molar-refractivity contribution >= 4 is 11.8 Å². The van der Waals surface area contributed by atoms with Gasteiger partial charge in [-0.05, 0) is 19.3 Å². The van der Waals surface area contributed by atoms with Gasteiger partial charge in [-0.15, -0.1) is 0 Å². The quantitative estimate of drug-likeness (QED) is 0.682. The van der Waals surface area contributed by atoms with Crippen LogP contribution in [-0.2, 0) is 12.1 Å². The Morgan fingerprint density at radius 2 is 1.88 bits per heavy atom. The topological polar surface area (TPSA) is 91.6 Å². The third kappa shape index (κ3) is 3.05. The van der Waals surface area contributed by atoms with Gasteiger partial charge in [-0.2, -0.15) is 0 Å². The third-order valence-corrected chi connectivity index (χ3v) is 6.77. The predicted molar refractivity (Wildman–Crippen MR) is 106 cm³/mol. The summed E-state index contributed by atoms with van der Waals surface area (Å²) in [7, 11) is 0. The number of rotatable bonds is 3. The maximum Gasteiger partial charge on any atom is 0.274 e. The molecule has 0 radical (unpaired) electrons. The first-order valence-corrected chi connectivity index (χ1v) is 10.5. The Morgan fingerprint density at radius 1 is 1.18 bits per heavy atom. The summed E-state index contributed by atoms with van der Waals surface area (Å²) in [6.45, 7) is -0.133. The molecule has 3 aliphatic rings. The van der Waals surface area contributed by atoms with Crippen LogP contribution in [0.1, 0.15) is 64.0 Å². The zero-order valence-corrected chi connectivity index (χ0v) is 17.3. The highest BCUT2D eigenvalue weighted by Crippen LogP contribution is 2.50. The van der Waals surface area contributed by atoms with Crippen molar-refractivity contribution < 1.29 is 32.3 Å². The summed E-state index contributed by atoms with van der Waals surface area (Å²) in [4.78, 5) is 40.3. The predicted octanol–water partition coefficient (Wildman–Crippen LogP) is 2.65. The Balaban J connectivity index is 1.61. The number of halogens is 4. The van der Waals surface area contributed by atoms with Crippen LogP contribution < -0.4 is 10.7 Å². The highest BCUT2D eigenvalue weighted by Gasteiger charge is 2.54. The average Bonchev–Trinajstić information content (AvgIpc) is 2.90. The van der Waals surface area contributed by atoms with E-state index in [1.807, 2.05) is 0 Å². The Morgan fingerprint density at radius 3 is 2.58 bits per heavy atom. The summed E-state index contributed by atoms with van der Waals surface area (Å²) in [6, 6.07) is 0.878. The zero-order valence-electron chi connectivity index (χ0n) is 17.3. The summed E-state index contributed by atoms with van der Waals surface area (Å²) in [6.07, 6.45) is 0.0257. The van der Waals surface area contributed by atoms with Crippen molar-refractivity contribution in [2.75, 3.05) is 13.1 Å². The van der Waals surface area contributed by atoms with Crippen molar-refractivity contribution in [1.29, 1.82) is 0 Å². The molecule has 0 unspecified atom stereocenters. The molecule has 2 amide bonds. The second-order valence-electron chi connectivity index (χ2n) is 8.73. The number of carbonyl (C=O) groups excluding carboxylic acids is 2. The Hall–Kier alpha value is -3.37. The molecule has 33 heavy (non-hydrogen) atoms. The number of benzene rings is 1. The number of pyridine rings is 1. The number of amides is 2. The smallest absolute Gasteiger partial charge is 0.274 e. The Bertz CT molecular complexity index is 1250. The van der Waals surface area contributed by atoms with Gasteiger partial charge >= 0.3 is 0 Å². The molecular weight excluding hydrogens is 446 g/mol. The number of fused-ring (bicyclic) bond motifs is 1. The van der Waals surface area contributed by atoms with E-state index in [0.717, 1.165) is 0 Å². The molecule has 1 fully saturated rings. The number of alkyl halides is 1. The number of nitrogens with zero attached hydrogens (tertiary/aromatic N) is 2. The first-order valence-electron chi connectivity index (χ1n) is 10.5. The van der Waals surface area contributed by atoms with Gasteiger partial charge in [0.15, 0.2) is 11.4 Å². The lowest BCUT2D eigenvalue weighted by Gasteiger charge is -2.41. The van der Waals surface area contributed by atoms with E-state index in [1.165, 1.54) is 9.47 Å². The summed E-state index contributed by atoms with van der Waals surface area (Å²) in [5, 5.41) is 12.8. The second kappa shape index (κ2) is 7.32. The molecule has 174 valence electrons. The minimum atomic E-state index is -1.76. The summed E-state index contributed by atoms with van der Waals surface area (Å²) >= 11 is 0. The van der Waals surface area contributed by atoms with E-state index in [1.54, 1.807) is 0 Å². The SMILES string of the molecule is O=C(NCc1c(F)cc(F)cc1F)c1c2n3c(c(O)c1=O)C(=O)N1CCCC[C@@]3(C[C@H]2F)C1. The van der Waals surface area contributed by atoms with Crippen LogP contribution in [0, 0.1) is 17.5 Å². The molecule has 1 saturated heterocycles. The third-order valence-electron chi connectivity index (χ3n) is 6.77. The van der Waals surface area contributed by atoms with Crippen LogP contribution in [-0.4, -0.2) is 39.5 Å². The normalized spacial score (nSPS) is 23.3. The van der Waals surface area contributed by atoms with Crippen LogP contribution >= 0.6 is 0 Å². The lowest BCUT2D eigenvalue weighted by molar-refractivity contribution is 0.0571. The lowest BCUT2D eigenvalue weighted by atomic mass is 9.88. The van der Waals surface area contributed by atoms with Crippen LogP contribution in [0.15, 0.2) is 16.9 Å². The fraction of sp³-hybridized carbons (Fsp3) is 0.409. The van der Waals surface area contributed by atoms with Crippen molar-refractivity contribution in [3.63, 3.8) is 0 Å². The van der Waals surface area contributed by atoms with Gasteiger partial charge in [-0.25, -0.2) is 17.6 Å². The van der Waals surface area contributed by atoms with Gasteiger partial charge in [0.1, 0.15) is 29.2 Å². The Kier molecular flexibility index (Phi) is 4.77. The number of aromatic nitrogens is 1. The molecule has 4 heterocycles. The molecule has 3 aliphatic heterocycles. The average molecular weight is 465 g/mol. The maximum atomic E-state index is 15.4. The van der Waals surface area contributed by atoms with Gasteiger partial charge in [0, 0.05) is 43.8 Å². The van der Waals surface area contributed by atoms with E-state index in [9.17, 15) is 32.7 Å². The molecule has 7 nitrogen and oxygen atoms in total. The summed E-state index contributed by atoms with van der Waals surface area (Å²) in [5.41, 5.74) is -4.15. The zero-order chi connectivity index (χ0) is 23.7. The van der Waals surface area contributed by atoms with Gasteiger partial charge in [-0.3, -0.25) is 14.4 Å². The van der Waals surface area contributed by atoms with Crippen LogP contribution in [0.5, 0.6) is 5.75 Å². The van der Waals surface area contributed by atoms with E-state index in [-0.39, 0.29) is 24.4 Å². The summed E-state index contributed by atoms with van der Waals surface area (Å²) < 4.78 is 57.6. The Labute approximate surface area is 184 Å². The molecule has 1 aromatic heterocycles. The van der Waals surface area contributed by atoms with Crippen molar-refractivity contribution in [3.05, 3.63) is 62.3 Å². The fourth-order valence-electron chi connectivity index (χ4n) is 5.35. The van der Waals surface area contributed by atoms with Crippen LogP contribution in [0.2, 0.25) is 0 Å². The molecule has 2 atom stereocenters. The first kappa shape index (κ1) is 21.5. The minimum Gasteiger partial charge on any atom is -0.503 e. The number of aromatic hydroxyl groups is 1.